The summed E-state index contributed by atoms with van der Waals surface area (Å²) in [5.41, 5.74) is 6.19. The first-order valence-corrected chi connectivity index (χ1v) is 8.96. The van der Waals surface area contributed by atoms with Gasteiger partial charge in [0.05, 0.1) is 20.1 Å². The van der Waals surface area contributed by atoms with Gasteiger partial charge < -0.3 is 10.5 Å². The fraction of sp³-hybridized carbons (Fsp3) is 0.190. The summed E-state index contributed by atoms with van der Waals surface area (Å²) in [5.74, 6) is 0.216. The van der Waals surface area contributed by atoms with Crippen molar-refractivity contribution in [1.29, 1.82) is 0 Å². The van der Waals surface area contributed by atoms with Crippen molar-refractivity contribution < 1.29 is 9.53 Å². The highest BCUT2D eigenvalue weighted by molar-refractivity contribution is 5.96. The Balaban J connectivity index is 2.01. The molecule has 1 amide bonds. The van der Waals surface area contributed by atoms with Crippen molar-refractivity contribution in [2.45, 2.75) is 13.0 Å². The molecular weight excluding hydrogens is 372 g/mol. The minimum Gasteiger partial charge on any atom is -0.497 e. The van der Waals surface area contributed by atoms with Gasteiger partial charge in [-0.3, -0.25) is 24.0 Å². The number of anilines is 2. The second kappa shape index (κ2) is 8.47. The van der Waals surface area contributed by atoms with Crippen molar-refractivity contribution in [3.05, 3.63) is 86.6 Å². The topological polar surface area (TPSA) is 110 Å². The Hall–Kier alpha value is -3.81. The number of H-pyrrole nitrogens is 1. The highest BCUT2D eigenvalue weighted by atomic mass is 16.5. The van der Waals surface area contributed by atoms with Gasteiger partial charge in [-0.1, -0.05) is 42.5 Å². The summed E-state index contributed by atoms with van der Waals surface area (Å²) >= 11 is 0. The largest absolute Gasteiger partial charge is 0.497 e. The van der Waals surface area contributed by atoms with E-state index in [0.717, 1.165) is 15.7 Å². The van der Waals surface area contributed by atoms with E-state index >= 15 is 0 Å². The number of ether oxygens (including phenoxy) is 1. The van der Waals surface area contributed by atoms with Crippen LogP contribution in [0.2, 0.25) is 0 Å². The Labute approximate surface area is 167 Å². The Morgan fingerprint density at radius 2 is 1.72 bits per heavy atom. The third-order valence-electron chi connectivity index (χ3n) is 4.58. The second-order valence-corrected chi connectivity index (χ2v) is 6.55. The Bertz CT molecular complexity index is 1120. The molecule has 0 aliphatic heterocycles. The van der Waals surface area contributed by atoms with Gasteiger partial charge in [-0.05, 0) is 23.3 Å². The molecule has 3 aromatic rings. The van der Waals surface area contributed by atoms with E-state index in [2.05, 4.69) is 4.98 Å². The molecule has 29 heavy (non-hydrogen) atoms. The lowest BCUT2D eigenvalue weighted by molar-refractivity contribution is -0.118. The number of nitrogens with zero attached hydrogens (tertiary/aromatic N) is 2. The lowest BCUT2D eigenvalue weighted by atomic mass is 10.1. The average Bonchev–Trinajstić information content (AvgIpc) is 2.72. The Kier molecular flexibility index (Phi) is 5.82. The van der Waals surface area contributed by atoms with Crippen molar-refractivity contribution in [3.63, 3.8) is 0 Å². The first kappa shape index (κ1) is 19.9. The number of carbonyl (C=O) groups excluding carboxylic acids is 1. The van der Waals surface area contributed by atoms with Crippen LogP contribution in [-0.4, -0.2) is 22.6 Å². The van der Waals surface area contributed by atoms with Gasteiger partial charge >= 0.3 is 5.69 Å². The molecule has 0 aliphatic carbocycles. The minimum absolute atomic E-state index is 0.0468. The number of amides is 1. The molecule has 0 aliphatic rings. The van der Waals surface area contributed by atoms with Crippen molar-refractivity contribution in [1.82, 2.24) is 9.55 Å². The van der Waals surface area contributed by atoms with E-state index in [1.807, 2.05) is 30.3 Å². The smallest absolute Gasteiger partial charge is 0.329 e. The number of nitrogens with one attached hydrogen (secondary N) is 1. The molecule has 2 aromatic carbocycles. The molecule has 0 bridgehead atoms. The van der Waals surface area contributed by atoms with Crippen LogP contribution in [0.1, 0.15) is 11.1 Å². The number of hydrogen-bond donors (Lipinski definition) is 2. The summed E-state index contributed by atoms with van der Waals surface area (Å²) in [7, 11) is 2.90. The van der Waals surface area contributed by atoms with Gasteiger partial charge in [0, 0.05) is 7.05 Å². The maximum Gasteiger partial charge on any atom is 0.329 e. The van der Waals surface area contributed by atoms with Crippen LogP contribution in [0.5, 0.6) is 5.75 Å². The van der Waals surface area contributed by atoms with E-state index in [9.17, 15) is 14.4 Å². The van der Waals surface area contributed by atoms with E-state index in [1.165, 1.54) is 11.9 Å². The molecule has 0 fully saturated rings. The first-order valence-electron chi connectivity index (χ1n) is 8.96. The molecule has 150 valence electrons. The van der Waals surface area contributed by atoms with Gasteiger partial charge in [0.2, 0.25) is 5.91 Å². The maximum absolute atomic E-state index is 13.2. The fourth-order valence-electron chi connectivity index (χ4n) is 2.96. The van der Waals surface area contributed by atoms with E-state index in [0.29, 0.717) is 5.75 Å². The molecule has 0 unspecified atom stereocenters. The monoisotopic (exact) mass is 394 g/mol. The predicted molar refractivity (Wildman–Crippen MR) is 111 cm³/mol. The molecule has 0 radical (unpaired) electrons. The van der Waals surface area contributed by atoms with Crippen LogP contribution in [0.4, 0.5) is 11.5 Å². The summed E-state index contributed by atoms with van der Waals surface area (Å²) in [6, 6.07) is 16.3. The normalized spacial score (nSPS) is 10.6. The highest BCUT2D eigenvalue weighted by Crippen LogP contribution is 2.20. The van der Waals surface area contributed by atoms with Gasteiger partial charge in [-0.15, -0.1) is 0 Å². The molecular formula is C21H22N4O4. The second-order valence-electron chi connectivity index (χ2n) is 6.55. The summed E-state index contributed by atoms with van der Waals surface area (Å²) in [6.07, 6.45) is 0.0541. The summed E-state index contributed by atoms with van der Waals surface area (Å²) < 4.78 is 6.03. The Morgan fingerprint density at radius 3 is 2.34 bits per heavy atom. The van der Waals surface area contributed by atoms with Crippen LogP contribution in [0, 0.1) is 0 Å². The number of hydrogen-bond acceptors (Lipinski definition) is 5. The molecule has 0 atom stereocenters. The third-order valence-corrected chi connectivity index (χ3v) is 4.58. The van der Waals surface area contributed by atoms with Crippen LogP contribution in [-0.2, 0) is 24.8 Å². The number of methoxy groups -OCH3 is 1. The molecule has 3 N–H and O–H groups in total. The van der Waals surface area contributed by atoms with Crippen molar-refractivity contribution in [3.8, 4) is 5.75 Å². The SMILES string of the molecule is COc1ccc(CC(=O)N(Cc2ccccc2)c2c(N)[nH]c(=O)n(C)c2=O)cc1. The minimum atomic E-state index is -0.640. The summed E-state index contributed by atoms with van der Waals surface area (Å²) in [5, 5.41) is 0. The summed E-state index contributed by atoms with van der Waals surface area (Å²) in [6.45, 7) is 0.140. The van der Waals surface area contributed by atoms with E-state index < -0.39 is 11.2 Å². The molecule has 8 nitrogen and oxygen atoms in total. The van der Waals surface area contributed by atoms with E-state index in [1.54, 1.807) is 31.4 Å². The van der Waals surface area contributed by atoms with Crippen LogP contribution < -0.4 is 26.6 Å². The van der Waals surface area contributed by atoms with Crippen LogP contribution >= 0.6 is 0 Å². The zero-order chi connectivity index (χ0) is 21.0. The molecule has 0 spiro atoms. The number of aromatic nitrogens is 2. The third kappa shape index (κ3) is 4.37. The lowest BCUT2D eigenvalue weighted by Crippen LogP contribution is -2.42. The molecule has 3 rings (SSSR count). The van der Waals surface area contributed by atoms with Crippen LogP contribution in [0.15, 0.2) is 64.2 Å². The first-order chi connectivity index (χ1) is 13.9. The molecule has 1 aromatic heterocycles. The van der Waals surface area contributed by atoms with Gasteiger partial charge in [-0.25, -0.2) is 4.79 Å². The zero-order valence-electron chi connectivity index (χ0n) is 16.2. The standard InChI is InChI=1S/C21H22N4O4/c1-24-20(27)18(19(22)23-21(24)28)25(13-15-6-4-3-5-7-15)17(26)12-14-8-10-16(29-2)11-9-14/h3-11H,12-13,22H2,1-2H3,(H,23,28). The average molecular weight is 394 g/mol. The van der Waals surface area contributed by atoms with Crippen molar-refractivity contribution in [2.24, 2.45) is 7.05 Å². The van der Waals surface area contributed by atoms with Gasteiger partial charge in [0.15, 0.2) is 5.69 Å². The highest BCUT2D eigenvalue weighted by Gasteiger charge is 2.24. The Morgan fingerprint density at radius 1 is 1.07 bits per heavy atom. The number of carbonyl (C=O) groups is 1. The maximum atomic E-state index is 13.2. The van der Waals surface area contributed by atoms with Crippen molar-refractivity contribution in [2.75, 3.05) is 17.7 Å². The number of benzene rings is 2. The number of nitrogen functional groups attached to an aromatic ring is 1. The number of nitrogens with two attached hydrogens (primary N) is 1. The van der Waals surface area contributed by atoms with Gasteiger partial charge in [0.1, 0.15) is 11.6 Å². The van der Waals surface area contributed by atoms with E-state index in [4.69, 9.17) is 10.5 Å². The fourth-order valence-corrected chi connectivity index (χ4v) is 2.96. The van der Waals surface area contributed by atoms with Crippen molar-refractivity contribution >= 4 is 17.4 Å². The number of rotatable bonds is 6. The number of aromatic amines is 1. The van der Waals surface area contributed by atoms with Gasteiger partial charge in [0.25, 0.3) is 5.56 Å². The van der Waals surface area contributed by atoms with Crippen LogP contribution in [0.25, 0.3) is 0 Å². The molecule has 8 heteroatoms. The van der Waals surface area contributed by atoms with Gasteiger partial charge in [-0.2, -0.15) is 0 Å². The predicted octanol–water partition coefficient (Wildman–Crippen LogP) is 1.44. The molecule has 0 saturated heterocycles. The molecule has 0 saturated carbocycles. The zero-order valence-corrected chi connectivity index (χ0v) is 16.2. The molecule has 1 heterocycles. The van der Waals surface area contributed by atoms with E-state index in [-0.39, 0.29) is 30.4 Å². The quantitative estimate of drug-likeness (QED) is 0.657. The summed E-state index contributed by atoms with van der Waals surface area (Å²) in [4.78, 5) is 41.5. The van der Waals surface area contributed by atoms with Crippen LogP contribution in [0.3, 0.4) is 0 Å². The lowest BCUT2D eigenvalue weighted by Gasteiger charge is -2.24.